The topological polar surface area (TPSA) is 84.5 Å². The van der Waals surface area contributed by atoms with Crippen LogP contribution in [0.25, 0.3) is 0 Å². The number of hydrogen-bond donors (Lipinski definition) is 2. The molecule has 2 rings (SSSR count). The van der Waals surface area contributed by atoms with E-state index >= 15 is 0 Å². The molecule has 140 valence electrons. The molecule has 2 N–H and O–H groups in total. The number of halogens is 3. The molecule has 0 spiro atoms. The van der Waals surface area contributed by atoms with Crippen LogP contribution in [0.4, 0.5) is 13.2 Å². The minimum atomic E-state index is -4.84. The minimum absolute atomic E-state index is 0.0135. The molecule has 0 saturated carbocycles. The van der Waals surface area contributed by atoms with E-state index in [4.69, 9.17) is 0 Å². The molecule has 0 aliphatic rings. The number of nitrogens with one attached hydrogen (secondary N) is 2. The van der Waals surface area contributed by atoms with E-state index in [1.807, 2.05) is 0 Å². The maximum absolute atomic E-state index is 12.4. The molecule has 10 heteroatoms. The van der Waals surface area contributed by atoms with Crippen molar-refractivity contribution in [3.05, 3.63) is 59.7 Å². The molecule has 0 aliphatic carbocycles. The average Bonchev–Trinajstić information content (AvgIpc) is 2.59. The lowest BCUT2D eigenvalue weighted by Crippen LogP contribution is -2.24. The molecule has 1 amide bonds. The Morgan fingerprint density at radius 1 is 1.08 bits per heavy atom. The molecule has 2 aromatic rings. The number of para-hydroxylation sites is 1. The van der Waals surface area contributed by atoms with Gasteiger partial charge in [0, 0.05) is 17.7 Å². The first-order valence-corrected chi connectivity index (χ1v) is 8.76. The van der Waals surface area contributed by atoms with E-state index in [1.165, 1.54) is 49.5 Å². The molecule has 0 aliphatic heterocycles. The zero-order valence-corrected chi connectivity index (χ0v) is 14.3. The molecular weight excluding hydrogens is 373 g/mol. The van der Waals surface area contributed by atoms with E-state index in [0.717, 1.165) is 6.07 Å². The Labute approximate surface area is 148 Å². The lowest BCUT2D eigenvalue weighted by atomic mass is 10.2. The number of carbonyl (C=O) groups is 1. The van der Waals surface area contributed by atoms with Crippen molar-refractivity contribution in [2.24, 2.45) is 0 Å². The van der Waals surface area contributed by atoms with Crippen LogP contribution in [0, 0.1) is 0 Å². The average molecular weight is 388 g/mol. The van der Waals surface area contributed by atoms with Crippen LogP contribution in [0.5, 0.6) is 5.75 Å². The van der Waals surface area contributed by atoms with Crippen LogP contribution in [-0.2, 0) is 16.6 Å². The van der Waals surface area contributed by atoms with Crippen molar-refractivity contribution in [1.29, 1.82) is 0 Å². The summed E-state index contributed by atoms with van der Waals surface area (Å²) in [6.07, 6.45) is -4.84. The number of benzene rings is 2. The lowest BCUT2D eigenvalue weighted by molar-refractivity contribution is -0.274. The Balaban J connectivity index is 2.08. The first-order chi connectivity index (χ1) is 12.1. The van der Waals surface area contributed by atoms with E-state index in [0.29, 0.717) is 0 Å². The van der Waals surface area contributed by atoms with Gasteiger partial charge in [0.2, 0.25) is 10.0 Å². The molecule has 6 nitrogen and oxygen atoms in total. The normalized spacial score (nSPS) is 11.8. The van der Waals surface area contributed by atoms with Gasteiger partial charge in [-0.05, 0) is 37.4 Å². The number of sulfonamides is 1. The highest BCUT2D eigenvalue weighted by Gasteiger charge is 2.32. The van der Waals surface area contributed by atoms with E-state index < -0.39 is 28.0 Å². The van der Waals surface area contributed by atoms with Crippen LogP contribution in [0.1, 0.15) is 15.9 Å². The van der Waals surface area contributed by atoms with Crippen molar-refractivity contribution in [1.82, 2.24) is 10.0 Å². The summed E-state index contributed by atoms with van der Waals surface area (Å²) in [7, 11) is -2.36. The van der Waals surface area contributed by atoms with Crippen LogP contribution < -0.4 is 14.8 Å². The Kier molecular flexibility index (Phi) is 5.88. The van der Waals surface area contributed by atoms with Crippen LogP contribution in [-0.4, -0.2) is 27.7 Å². The van der Waals surface area contributed by atoms with Gasteiger partial charge in [0.1, 0.15) is 5.75 Å². The van der Waals surface area contributed by atoms with Gasteiger partial charge in [-0.3, -0.25) is 4.79 Å². The largest absolute Gasteiger partial charge is 0.573 e. The number of hydrogen-bond acceptors (Lipinski definition) is 4. The number of ether oxygens (including phenoxy) is 1. The summed E-state index contributed by atoms with van der Waals surface area (Å²) in [6, 6.07) is 10.5. The van der Waals surface area contributed by atoms with E-state index in [2.05, 4.69) is 14.8 Å². The van der Waals surface area contributed by atoms with Crippen molar-refractivity contribution in [3.8, 4) is 5.75 Å². The van der Waals surface area contributed by atoms with E-state index in [9.17, 15) is 26.4 Å². The second kappa shape index (κ2) is 7.75. The van der Waals surface area contributed by atoms with Crippen molar-refractivity contribution >= 4 is 15.9 Å². The third kappa shape index (κ3) is 5.20. The second-order valence-corrected chi connectivity index (χ2v) is 6.96. The fourth-order valence-electron chi connectivity index (χ4n) is 2.06. The van der Waals surface area contributed by atoms with Gasteiger partial charge in [0.15, 0.2) is 0 Å². The highest BCUT2D eigenvalue weighted by atomic mass is 32.2. The number of carbonyl (C=O) groups excluding carboxylic acids is 1. The fraction of sp³-hybridized carbons (Fsp3) is 0.188. The molecule has 26 heavy (non-hydrogen) atoms. The first kappa shape index (κ1) is 19.7. The summed E-state index contributed by atoms with van der Waals surface area (Å²) >= 11 is 0. The van der Waals surface area contributed by atoms with Crippen LogP contribution >= 0.6 is 0 Å². The molecule has 0 bridgehead atoms. The third-order valence-corrected chi connectivity index (χ3v) is 4.76. The Bertz CT molecular complexity index is 881. The van der Waals surface area contributed by atoms with Gasteiger partial charge in [-0.25, -0.2) is 13.1 Å². The highest BCUT2D eigenvalue weighted by Crippen LogP contribution is 2.26. The summed E-state index contributed by atoms with van der Waals surface area (Å²) in [5, 5.41) is 2.46. The van der Waals surface area contributed by atoms with Gasteiger partial charge in [-0.15, -0.1) is 13.2 Å². The molecule has 0 unspecified atom stereocenters. The van der Waals surface area contributed by atoms with Crippen LogP contribution in [0.2, 0.25) is 0 Å². The van der Waals surface area contributed by atoms with E-state index in [1.54, 1.807) is 0 Å². The van der Waals surface area contributed by atoms with Gasteiger partial charge >= 0.3 is 6.36 Å². The van der Waals surface area contributed by atoms with Gasteiger partial charge in [0.25, 0.3) is 5.91 Å². The summed E-state index contributed by atoms with van der Waals surface area (Å²) < 4.78 is 66.5. The van der Waals surface area contributed by atoms with Gasteiger partial charge < -0.3 is 10.1 Å². The number of amides is 1. The quantitative estimate of drug-likeness (QED) is 0.796. The molecule has 2 aromatic carbocycles. The van der Waals surface area contributed by atoms with Crippen molar-refractivity contribution in [3.63, 3.8) is 0 Å². The summed E-state index contributed by atoms with van der Waals surface area (Å²) in [5.41, 5.74) is 0.307. The molecule has 0 saturated heterocycles. The molecule has 0 heterocycles. The summed E-state index contributed by atoms with van der Waals surface area (Å²) in [6.45, 7) is -0.193. The predicted octanol–water partition coefficient (Wildman–Crippen LogP) is 2.42. The Hall–Kier alpha value is -2.59. The number of alkyl halides is 3. The maximum Gasteiger partial charge on any atom is 0.573 e. The predicted molar refractivity (Wildman–Crippen MR) is 87.0 cm³/mol. The Morgan fingerprint density at radius 3 is 2.27 bits per heavy atom. The fourth-order valence-corrected chi connectivity index (χ4v) is 2.79. The molecular formula is C16H15F3N2O4S. The molecule has 0 fully saturated rings. The van der Waals surface area contributed by atoms with Crippen molar-refractivity contribution < 1.29 is 31.1 Å². The van der Waals surface area contributed by atoms with Crippen LogP contribution in [0.3, 0.4) is 0 Å². The van der Waals surface area contributed by atoms with Gasteiger partial charge in [0.05, 0.1) is 4.90 Å². The monoisotopic (exact) mass is 388 g/mol. The second-order valence-electron chi connectivity index (χ2n) is 5.07. The van der Waals surface area contributed by atoms with Gasteiger partial charge in [-0.1, -0.05) is 18.2 Å². The maximum atomic E-state index is 12.4. The minimum Gasteiger partial charge on any atom is -0.405 e. The van der Waals surface area contributed by atoms with Crippen molar-refractivity contribution in [2.75, 3.05) is 7.05 Å². The lowest BCUT2D eigenvalue weighted by Gasteiger charge is -2.13. The van der Waals surface area contributed by atoms with E-state index in [-0.39, 0.29) is 22.6 Å². The van der Waals surface area contributed by atoms with Crippen LogP contribution in [0.15, 0.2) is 53.4 Å². The van der Waals surface area contributed by atoms with Gasteiger partial charge in [-0.2, -0.15) is 0 Å². The molecule has 0 aromatic heterocycles. The summed E-state index contributed by atoms with van der Waals surface area (Å²) in [4.78, 5) is 12.1. The summed E-state index contributed by atoms with van der Waals surface area (Å²) in [5.74, 6) is -0.976. The Morgan fingerprint density at radius 2 is 1.69 bits per heavy atom. The smallest absolute Gasteiger partial charge is 0.405 e. The van der Waals surface area contributed by atoms with Crippen molar-refractivity contribution in [2.45, 2.75) is 17.8 Å². The highest BCUT2D eigenvalue weighted by molar-refractivity contribution is 7.89. The zero-order valence-electron chi connectivity index (χ0n) is 13.5. The standard InChI is InChI=1S/C16H15F3N2O4S/c1-20-26(23,24)13-8-6-11(7-9-13)15(22)21-10-12-4-2-3-5-14(12)25-16(17,18)19/h2-9,20H,10H2,1H3,(H,21,22). The molecule has 0 radical (unpaired) electrons. The molecule has 0 atom stereocenters. The number of rotatable bonds is 6. The third-order valence-electron chi connectivity index (χ3n) is 3.33. The SMILES string of the molecule is CNS(=O)(=O)c1ccc(C(=O)NCc2ccccc2OC(F)(F)F)cc1. The first-order valence-electron chi connectivity index (χ1n) is 7.28. The zero-order chi connectivity index (χ0) is 19.4.